The van der Waals surface area contributed by atoms with Crippen LogP contribution in [0.1, 0.15) is 42.5 Å². The summed E-state index contributed by atoms with van der Waals surface area (Å²) in [5.41, 5.74) is 1.19. The summed E-state index contributed by atoms with van der Waals surface area (Å²) in [6.07, 6.45) is 2.89. The van der Waals surface area contributed by atoms with Gasteiger partial charge in [-0.25, -0.2) is 4.98 Å². The van der Waals surface area contributed by atoms with Gasteiger partial charge in [-0.05, 0) is 43.3 Å². The van der Waals surface area contributed by atoms with Gasteiger partial charge in [0, 0.05) is 17.8 Å². The van der Waals surface area contributed by atoms with E-state index in [1.807, 2.05) is 0 Å². The van der Waals surface area contributed by atoms with Gasteiger partial charge >= 0.3 is 0 Å². The maximum Gasteiger partial charge on any atom is 0.261 e. The van der Waals surface area contributed by atoms with E-state index in [-0.39, 0.29) is 34.1 Å². The maximum absolute atomic E-state index is 13.0. The Kier molecular flexibility index (Phi) is 5.43. The average molecular weight is 496 g/mol. The van der Waals surface area contributed by atoms with Gasteiger partial charge in [-0.3, -0.25) is 19.3 Å². The lowest BCUT2D eigenvalue weighted by atomic mass is 10.1. The largest absolute Gasteiger partial charge is 0.467 e. The van der Waals surface area contributed by atoms with E-state index in [2.05, 4.69) is 15.4 Å². The molecule has 9 nitrogen and oxygen atoms in total. The summed E-state index contributed by atoms with van der Waals surface area (Å²) in [4.78, 5) is 43.8. The van der Waals surface area contributed by atoms with E-state index in [9.17, 15) is 14.4 Å². The third-order valence-electron chi connectivity index (χ3n) is 5.19. The SMILES string of the molecule is Cc1cc(NC(=O)c2ccc3c(c2)C(=O)N(Cc2ccco2)C3=O)n(-c2ncc(Cl)cc2Cl)n1. The molecule has 1 aromatic carbocycles. The number of carbonyl (C=O) groups is 3. The van der Waals surface area contributed by atoms with Gasteiger partial charge < -0.3 is 9.73 Å². The zero-order chi connectivity index (χ0) is 24.0. The van der Waals surface area contributed by atoms with E-state index in [4.69, 9.17) is 27.6 Å². The van der Waals surface area contributed by atoms with Gasteiger partial charge in [-0.15, -0.1) is 0 Å². The number of hydrogen-bond acceptors (Lipinski definition) is 6. The molecule has 1 aliphatic rings. The van der Waals surface area contributed by atoms with Crippen LogP contribution in [0, 0.1) is 6.92 Å². The summed E-state index contributed by atoms with van der Waals surface area (Å²) in [6.45, 7) is 1.76. The first-order valence-electron chi connectivity index (χ1n) is 10.0. The number of hydrogen-bond donors (Lipinski definition) is 1. The molecule has 0 aliphatic carbocycles. The molecule has 0 atom stereocenters. The lowest BCUT2D eigenvalue weighted by Crippen LogP contribution is -2.28. The van der Waals surface area contributed by atoms with Gasteiger partial charge in [0.05, 0.1) is 39.7 Å². The number of pyridine rings is 1. The Morgan fingerprint density at radius 1 is 1.09 bits per heavy atom. The predicted octanol–water partition coefficient (Wildman–Crippen LogP) is 4.52. The number of halogens is 2. The summed E-state index contributed by atoms with van der Waals surface area (Å²) in [6, 6.07) is 10.9. The Bertz CT molecular complexity index is 1460. The molecule has 0 unspecified atom stereocenters. The molecule has 0 bridgehead atoms. The molecule has 3 aromatic heterocycles. The first-order valence-corrected chi connectivity index (χ1v) is 10.8. The molecule has 5 rings (SSSR count). The van der Waals surface area contributed by atoms with Crippen molar-refractivity contribution in [1.82, 2.24) is 19.7 Å². The number of nitrogens with one attached hydrogen (secondary N) is 1. The summed E-state index contributed by atoms with van der Waals surface area (Å²) < 4.78 is 6.63. The van der Waals surface area contributed by atoms with Crippen molar-refractivity contribution in [1.29, 1.82) is 0 Å². The zero-order valence-corrected chi connectivity index (χ0v) is 19.1. The second kappa shape index (κ2) is 8.44. The minimum absolute atomic E-state index is 0.00812. The first-order chi connectivity index (χ1) is 16.3. The van der Waals surface area contributed by atoms with Crippen LogP contribution < -0.4 is 5.32 Å². The molecule has 1 aliphatic heterocycles. The van der Waals surface area contributed by atoms with Crippen LogP contribution in [-0.4, -0.2) is 37.4 Å². The minimum Gasteiger partial charge on any atom is -0.467 e. The molecule has 0 spiro atoms. The number of anilines is 1. The molecule has 4 heterocycles. The Hall–Kier alpha value is -3.95. The molecule has 11 heteroatoms. The lowest BCUT2D eigenvalue weighted by Gasteiger charge is -2.11. The summed E-state index contributed by atoms with van der Waals surface area (Å²) in [5, 5.41) is 7.72. The Balaban J connectivity index is 1.41. The number of nitrogens with zero attached hydrogens (tertiary/aromatic N) is 4. The number of rotatable bonds is 5. The minimum atomic E-state index is -0.501. The van der Waals surface area contributed by atoms with Gasteiger partial charge in [0.25, 0.3) is 17.7 Å². The van der Waals surface area contributed by atoms with Crippen LogP contribution in [0.5, 0.6) is 0 Å². The molecule has 170 valence electrons. The normalized spacial score (nSPS) is 12.9. The van der Waals surface area contributed by atoms with Crippen LogP contribution in [0.15, 0.2) is 59.3 Å². The van der Waals surface area contributed by atoms with Gasteiger partial charge in [0.1, 0.15) is 11.6 Å². The van der Waals surface area contributed by atoms with Crippen molar-refractivity contribution >= 4 is 46.7 Å². The first kappa shape index (κ1) is 21.9. The fourth-order valence-corrected chi connectivity index (χ4v) is 4.10. The van der Waals surface area contributed by atoms with Crippen LogP contribution in [-0.2, 0) is 6.54 Å². The molecule has 0 fully saturated rings. The monoisotopic (exact) mass is 495 g/mol. The highest BCUT2D eigenvalue weighted by Gasteiger charge is 2.36. The Morgan fingerprint density at radius 3 is 2.62 bits per heavy atom. The predicted molar refractivity (Wildman–Crippen MR) is 123 cm³/mol. The summed E-state index contributed by atoms with van der Waals surface area (Å²) in [5.74, 6) is -0.353. The highest BCUT2D eigenvalue weighted by molar-refractivity contribution is 6.35. The fraction of sp³-hybridized carbons (Fsp3) is 0.0870. The van der Waals surface area contributed by atoms with E-state index >= 15 is 0 Å². The van der Waals surface area contributed by atoms with Crippen molar-refractivity contribution in [3.63, 3.8) is 0 Å². The van der Waals surface area contributed by atoms with Crippen molar-refractivity contribution in [3.05, 3.63) is 93.1 Å². The lowest BCUT2D eigenvalue weighted by molar-refractivity contribution is 0.0631. The van der Waals surface area contributed by atoms with Crippen molar-refractivity contribution in [2.45, 2.75) is 13.5 Å². The van der Waals surface area contributed by atoms with Crippen molar-refractivity contribution in [3.8, 4) is 5.82 Å². The molecule has 0 saturated heterocycles. The third-order valence-corrected chi connectivity index (χ3v) is 5.67. The quantitative estimate of drug-likeness (QED) is 0.407. The van der Waals surface area contributed by atoms with Crippen LogP contribution in [0.4, 0.5) is 5.82 Å². The summed E-state index contributed by atoms with van der Waals surface area (Å²) in [7, 11) is 0. The van der Waals surface area contributed by atoms with Gasteiger partial charge in [0.15, 0.2) is 5.82 Å². The summed E-state index contributed by atoms with van der Waals surface area (Å²) >= 11 is 12.2. The van der Waals surface area contributed by atoms with Gasteiger partial charge in [-0.1, -0.05) is 23.2 Å². The van der Waals surface area contributed by atoms with Crippen LogP contribution in [0.25, 0.3) is 5.82 Å². The molecule has 34 heavy (non-hydrogen) atoms. The number of carbonyl (C=O) groups excluding carboxylic acids is 3. The smallest absolute Gasteiger partial charge is 0.261 e. The third kappa shape index (κ3) is 3.85. The highest BCUT2D eigenvalue weighted by atomic mass is 35.5. The van der Waals surface area contributed by atoms with E-state index in [1.165, 1.54) is 41.4 Å². The fourth-order valence-electron chi connectivity index (χ4n) is 3.64. The van der Waals surface area contributed by atoms with Crippen molar-refractivity contribution in [2.75, 3.05) is 5.32 Å². The number of benzene rings is 1. The number of imide groups is 1. The molecular weight excluding hydrogens is 481 g/mol. The average Bonchev–Trinajstić information content (AvgIpc) is 3.50. The molecule has 1 N–H and O–H groups in total. The molecule has 4 aromatic rings. The Morgan fingerprint density at radius 2 is 1.88 bits per heavy atom. The van der Waals surface area contributed by atoms with Gasteiger partial charge in [-0.2, -0.15) is 9.78 Å². The number of furan rings is 1. The Labute approximate surface area is 202 Å². The van der Waals surface area contributed by atoms with Crippen molar-refractivity contribution in [2.24, 2.45) is 0 Å². The molecule has 0 radical (unpaired) electrons. The molecular formula is C23H15Cl2N5O4. The van der Waals surface area contributed by atoms with Crippen LogP contribution >= 0.6 is 23.2 Å². The second-order valence-corrected chi connectivity index (χ2v) is 8.38. The molecule has 0 saturated carbocycles. The number of aryl methyl sites for hydroxylation is 1. The standard InChI is InChI=1S/C23H15Cl2N5O4/c1-12-7-19(30(28-12)20-18(25)9-14(24)10-26-20)27-21(31)13-4-5-16-17(8-13)23(33)29(22(16)32)11-15-3-2-6-34-15/h2-10H,11H2,1H3,(H,27,31). The highest BCUT2D eigenvalue weighted by Crippen LogP contribution is 2.28. The van der Waals surface area contributed by atoms with E-state index in [0.29, 0.717) is 22.3 Å². The zero-order valence-electron chi connectivity index (χ0n) is 17.6. The second-order valence-electron chi connectivity index (χ2n) is 7.53. The van der Waals surface area contributed by atoms with E-state index < -0.39 is 17.7 Å². The number of amides is 3. The molecule has 3 amide bonds. The van der Waals surface area contributed by atoms with Gasteiger partial charge in [0.2, 0.25) is 0 Å². The number of fused-ring (bicyclic) bond motifs is 1. The van der Waals surface area contributed by atoms with E-state index in [1.54, 1.807) is 25.1 Å². The van der Waals surface area contributed by atoms with Crippen molar-refractivity contribution < 1.29 is 18.8 Å². The topological polar surface area (TPSA) is 110 Å². The number of aromatic nitrogens is 3. The van der Waals surface area contributed by atoms with Crippen LogP contribution in [0.2, 0.25) is 10.0 Å². The maximum atomic E-state index is 13.0. The van der Waals surface area contributed by atoms with E-state index in [0.717, 1.165) is 4.90 Å². The van der Waals surface area contributed by atoms with Crippen LogP contribution in [0.3, 0.4) is 0 Å².